The number of urea groups is 1. The molecule has 0 bridgehead atoms. The number of benzene rings is 2. The second kappa shape index (κ2) is 7.12. The molecule has 2 heterocycles. The number of carbonyl (C=O) groups excluding carboxylic acids is 1. The van der Waals surface area contributed by atoms with Crippen molar-refractivity contribution >= 4 is 28.6 Å². The van der Waals surface area contributed by atoms with Crippen LogP contribution in [0.25, 0.3) is 16.7 Å². The van der Waals surface area contributed by atoms with E-state index in [9.17, 15) is 4.79 Å². The average Bonchev–Trinajstić information content (AvgIpc) is 3.12. The number of primary amides is 1. The van der Waals surface area contributed by atoms with Gasteiger partial charge in [-0.2, -0.15) is 5.10 Å². The first-order valence-corrected chi connectivity index (χ1v) is 8.34. The summed E-state index contributed by atoms with van der Waals surface area (Å²) in [6.45, 7) is 0.569. The molecular formula is C19H17N7O. The van der Waals surface area contributed by atoms with Crippen LogP contribution in [-0.4, -0.2) is 25.8 Å². The third-order valence-electron chi connectivity index (χ3n) is 4.05. The van der Waals surface area contributed by atoms with Crippen LogP contribution in [-0.2, 0) is 6.54 Å². The zero-order chi connectivity index (χ0) is 18.6. The first-order chi connectivity index (χ1) is 13.2. The third-order valence-corrected chi connectivity index (χ3v) is 4.05. The van der Waals surface area contributed by atoms with Crippen LogP contribution in [0.2, 0.25) is 0 Å². The van der Waals surface area contributed by atoms with Crippen molar-refractivity contribution in [1.29, 1.82) is 0 Å². The van der Waals surface area contributed by atoms with Crippen LogP contribution in [0.1, 0.15) is 5.56 Å². The fourth-order valence-corrected chi connectivity index (χ4v) is 2.78. The highest BCUT2D eigenvalue weighted by Gasteiger charge is 2.10. The zero-order valence-corrected chi connectivity index (χ0v) is 14.3. The van der Waals surface area contributed by atoms with E-state index in [-0.39, 0.29) is 0 Å². The number of fused-ring (bicyclic) bond motifs is 1. The third kappa shape index (κ3) is 3.54. The lowest BCUT2D eigenvalue weighted by Gasteiger charge is -2.08. The lowest BCUT2D eigenvalue weighted by Crippen LogP contribution is -2.19. The van der Waals surface area contributed by atoms with E-state index in [2.05, 4.69) is 25.7 Å². The van der Waals surface area contributed by atoms with Gasteiger partial charge in [-0.1, -0.05) is 30.3 Å². The predicted molar refractivity (Wildman–Crippen MR) is 104 cm³/mol. The number of aromatic nitrogens is 4. The molecule has 0 saturated carbocycles. The number of carbonyl (C=O) groups is 1. The second-order valence-corrected chi connectivity index (χ2v) is 5.89. The Bertz CT molecular complexity index is 1070. The van der Waals surface area contributed by atoms with Gasteiger partial charge in [0, 0.05) is 12.2 Å². The van der Waals surface area contributed by atoms with Crippen LogP contribution in [0.5, 0.6) is 0 Å². The number of anilines is 2. The van der Waals surface area contributed by atoms with E-state index in [0.29, 0.717) is 18.1 Å². The number of rotatable bonds is 5. The van der Waals surface area contributed by atoms with Gasteiger partial charge < -0.3 is 16.4 Å². The first kappa shape index (κ1) is 16.5. The van der Waals surface area contributed by atoms with E-state index in [0.717, 1.165) is 22.3 Å². The molecule has 0 aliphatic carbocycles. The van der Waals surface area contributed by atoms with Gasteiger partial charge in [-0.15, -0.1) is 0 Å². The van der Waals surface area contributed by atoms with Crippen molar-refractivity contribution in [2.24, 2.45) is 5.73 Å². The Morgan fingerprint density at radius 1 is 1.04 bits per heavy atom. The van der Waals surface area contributed by atoms with E-state index in [1.807, 2.05) is 42.5 Å². The average molecular weight is 359 g/mol. The number of nitrogens with zero attached hydrogens (tertiary/aromatic N) is 4. The molecule has 8 heteroatoms. The van der Waals surface area contributed by atoms with E-state index in [4.69, 9.17) is 5.73 Å². The second-order valence-electron chi connectivity index (χ2n) is 5.89. The Hall–Kier alpha value is -3.94. The van der Waals surface area contributed by atoms with Gasteiger partial charge in [0.1, 0.15) is 12.1 Å². The van der Waals surface area contributed by atoms with Crippen LogP contribution in [0.3, 0.4) is 0 Å². The molecular weight excluding hydrogens is 342 g/mol. The van der Waals surface area contributed by atoms with E-state index in [1.54, 1.807) is 23.0 Å². The highest BCUT2D eigenvalue weighted by atomic mass is 16.2. The van der Waals surface area contributed by atoms with Gasteiger partial charge in [-0.05, 0) is 29.8 Å². The monoisotopic (exact) mass is 359 g/mol. The summed E-state index contributed by atoms with van der Waals surface area (Å²) in [4.78, 5) is 19.6. The van der Waals surface area contributed by atoms with Gasteiger partial charge in [-0.25, -0.2) is 19.4 Å². The molecule has 4 rings (SSSR count). The Morgan fingerprint density at radius 3 is 2.56 bits per heavy atom. The van der Waals surface area contributed by atoms with Crippen LogP contribution in [0.15, 0.2) is 67.1 Å². The molecule has 4 aromatic rings. The number of nitrogens with two attached hydrogens (primary N) is 1. The molecule has 0 aliphatic heterocycles. The number of hydrogen-bond acceptors (Lipinski definition) is 5. The van der Waals surface area contributed by atoms with E-state index < -0.39 is 6.03 Å². The molecule has 2 amide bonds. The van der Waals surface area contributed by atoms with Crippen molar-refractivity contribution in [1.82, 2.24) is 19.7 Å². The molecule has 2 aromatic heterocycles. The quantitative estimate of drug-likeness (QED) is 0.507. The normalized spacial score (nSPS) is 10.7. The predicted octanol–water partition coefficient (Wildman–Crippen LogP) is 2.92. The summed E-state index contributed by atoms with van der Waals surface area (Å²) in [7, 11) is 0. The summed E-state index contributed by atoms with van der Waals surface area (Å²) in [6.07, 6.45) is 3.27. The van der Waals surface area contributed by atoms with Crippen LogP contribution < -0.4 is 16.4 Å². The summed E-state index contributed by atoms with van der Waals surface area (Å²) >= 11 is 0. The van der Waals surface area contributed by atoms with Crippen molar-refractivity contribution in [3.05, 3.63) is 72.7 Å². The van der Waals surface area contributed by atoms with Crippen molar-refractivity contribution in [2.75, 3.05) is 10.6 Å². The van der Waals surface area contributed by atoms with Gasteiger partial charge in [0.15, 0.2) is 5.65 Å². The van der Waals surface area contributed by atoms with Gasteiger partial charge in [0.05, 0.1) is 17.3 Å². The number of hydrogen-bond donors (Lipinski definition) is 3. The van der Waals surface area contributed by atoms with Crippen molar-refractivity contribution in [3.8, 4) is 5.69 Å². The molecule has 134 valence electrons. The van der Waals surface area contributed by atoms with Crippen LogP contribution in [0.4, 0.5) is 16.3 Å². The number of amides is 2. The van der Waals surface area contributed by atoms with Crippen LogP contribution in [0, 0.1) is 0 Å². The van der Waals surface area contributed by atoms with Crippen molar-refractivity contribution in [2.45, 2.75) is 6.54 Å². The highest BCUT2D eigenvalue weighted by Crippen LogP contribution is 2.22. The zero-order valence-electron chi connectivity index (χ0n) is 14.3. The molecule has 0 unspecified atom stereocenters. The molecule has 0 spiro atoms. The molecule has 0 saturated heterocycles. The van der Waals surface area contributed by atoms with Crippen LogP contribution >= 0.6 is 0 Å². The van der Waals surface area contributed by atoms with Crippen molar-refractivity contribution < 1.29 is 4.79 Å². The summed E-state index contributed by atoms with van der Waals surface area (Å²) in [5, 5.41) is 11.1. The molecule has 0 fully saturated rings. The number of para-hydroxylation sites is 1. The van der Waals surface area contributed by atoms with Gasteiger partial charge in [-0.3, -0.25) is 0 Å². The van der Waals surface area contributed by atoms with E-state index in [1.165, 1.54) is 6.33 Å². The minimum absolute atomic E-state index is 0.569. The summed E-state index contributed by atoms with van der Waals surface area (Å²) < 4.78 is 1.78. The maximum Gasteiger partial charge on any atom is 0.316 e. The maximum atomic E-state index is 10.9. The van der Waals surface area contributed by atoms with E-state index >= 15 is 0 Å². The molecule has 4 N–H and O–H groups in total. The maximum absolute atomic E-state index is 10.9. The van der Waals surface area contributed by atoms with Gasteiger partial charge >= 0.3 is 6.03 Å². The number of nitrogens with one attached hydrogen (secondary N) is 2. The minimum atomic E-state index is -0.584. The van der Waals surface area contributed by atoms with Gasteiger partial charge in [0.2, 0.25) is 0 Å². The molecule has 27 heavy (non-hydrogen) atoms. The van der Waals surface area contributed by atoms with Crippen molar-refractivity contribution in [3.63, 3.8) is 0 Å². The fourth-order valence-electron chi connectivity index (χ4n) is 2.78. The van der Waals surface area contributed by atoms with Gasteiger partial charge in [0.25, 0.3) is 0 Å². The minimum Gasteiger partial charge on any atom is -0.365 e. The molecule has 0 atom stereocenters. The summed E-state index contributed by atoms with van der Waals surface area (Å²) in [6, 6.07) is 16.7. The Labute approximate surface area is 155 Å². The fraction of sp³-hybridized carbons (Fsp3) is 0.0526. The molecule has 2 aromatic carbocycles. The standard InChI is InChI=1S/C19H17N7O/c20-19(27)25-14-8-6-13(7-9-14)10-21-17-16-11-24-26(18(16)23-12-22-17)15-4-2-1-3-5-15/h1-9,11-12H,10H2,(H3,20,25,27)(H,21,22,23). The lowest BCUT2D eigenvalue weighted by molar-refractivity contribution is 0.259. The Kier molecular flexibility index (Phi) is 4.36. The Morgan fingerprint density at radius 2 is 1.81 bits per heavy atom. The topological polar surface area (TPSA) is 111 Å². The largest absolute Gasteiger partial charge is 0.365 e. The smallest absolute Gasteiger partial charge is 0.316 e. The molecule has 0 aliphatic rings. The highest BCUT2D eigenvalue weighted by molar-refractivity contribution is 5.88. The lowest BCUT2D eigenvalue weighted by atomic mass is 10.2. The Balaban J connectivity index is 1.54. The first-order valence-electron chi connectivity index (χ1n) is 8.34. The summed E-state index contributed by atoms with van der Waals surface area (Å²) in [5.74, 6) is 0.710. The molecule has 0 radical (unpaired) electrons. The SMILES string of the molecule is NC(=O)Nc1ccc(CNc2ncnc3c2cnn3-c2ccccc2)cc1. The summed E-state index contributed by atoms with van der Waals surface area (Å²) in [5.41, 5.74) is 8.47. The molecule has 8 nitrogen and oxygen atoms in total.